The molecular weight excluding hydrogens is 356 g/mol. The molecule has 0 unspecified atom stereocenters. The van der Waals surface area contributed by atoms with E-state index in [-0.39, 0.29) is 6.54 Å². The van der Waals surface area contributed by atoms with Crippen molar-refractivity contribution in [2.24, 2.45) is 0 Å². The molecule has 144 valence electrons. The number of carbonyl (C=O) groups is 3. The van der Waals surface area contributed by atoms with Crippen LogP contribution in [0.25, 0.3) is 0 Å². The lowest BCUT2D eigenvalue weighted by molar-refractivity contribution is -0.921. The van der Waals surface area contributed by atoms with Crippen molar-refractivity contribution in [3.05, 3.63) is 71.3 Å². The van der Waals surface area contributed by atoms with Gasteiger partial charge in [0.1, 0.15) is 19.6 Å². The van der Waals surface area contributed by atoms with Crippen LogP contribution in [-0.4, -0.2) is 55.3 Å². The topological polar surface area (TPSA) is 68.1 Å². The van der Waals surface area contributed by atoms with Crippen LogP contribution in [-0.2, 0) is 20.9 Å². The Kier molecular flexibility index (Phi) is 5.32. The van der Waals surface area contributed by atoms with Crippen molar-refractivity contribution in [3.63, 3.8) is 0 Å². The number of amides is 2. The number of ether oxygens (including phenoxy) is 1. The van der Waals surface area contributed by atoms with E-state index < -0.39 is 23.5 Å². The van der Waals surface area contributed by atoms with Crippen molar-refractivity contribution in [3.8, 4) is 0 Å². The second-order valence-corrected chi connectivity index (χ2v) is 7.28. The molecule has 0 aliphatic carbocycles. The molecule has 2 aromatic rings. The number of morpholine rings is 1. The number of carbonyl (C=O) groups excluding carboxylic acids is 3. The van der Waals surface area contributed by atoms with E-state index in [4.69, 9.17) is 4.74 Å². The smallest absolute Gasteiger partial charge is 0.297 e. The lowest BCUT2D eigenvalue weighted by Gasteiger charge is -2.23. The zero-order chi connectivity index (χ0) is 19.5. The van der Waals surface area contributed by atoms with Crippen molar-refractivity contribution in [1.82, 2.24) is 4.90 Å². The van der Waals surface area contributed by atoms with Gasteiger partial charge in [-0.1, -0.05) is 42.5 Å². The minimum atomic E-state index is -0.722. The summed E-state index contributed by atoms with van der Waals surface area (Å²) in [5, 5.41) is 0. The molecule has 1 atom stereocenters. The van der Waals surface area contributed by atoms with E-state index in [1.54, 1.807) is 12.1 Å². The van der Waals surface area contributed by atoms with Crippen LogP contribution in [0.15, 0.2) is 54.6 Å². The first-order chi connectivity index (χ1) is 13.6. The molecule has 2 aliphatic rings. The number of hydrogen-bond donors (Lipinski definition) is 1. The van der Waals surface area contributed by atoms with Crippen LogP contribution >= 0.6 is 0 Å². The van der Waals surface area contributed by atoms with Gasteiger partial charge in [-0.3, -0.25) is 19.3 Å². The van der Waals surface area contributed by atoms with Crippen molar-refractivity contribution < 1.29 is 24.0 Å². The van der Waals surface area contributed by atoms with Gasteiger partial charge in [0.15, 0.2) is 0 Å². The third-order valence-electron chi connectivity index (χ3n) is 5.44. The monoisotopic (exact) mass is 379 g/mol. The molecule has 28 heavy (non-hydrogen) atoms. The van der Waals surface area contributed by atoms with E-state index in [2.05, 4.69) is 0 Å². The standard InChI is InChI=1S/C22H22N2O4/c25-20-19(17-4-2-1-3-5-17)15-24(22(20)27)21(26)18-8-6-16(7-9-18)14-23-10-12-28-13-11-23/h1-9,19H,10-15H2/p+1/t19-/m0/s1. The number of Topliss-reactive ketones (excluding diaryl/α,β-unsaturated/α-hetero) is 1. The van der Waals surface area contributed by atoms with Gasteiger partial charge in [0.25, 0.3) is 11.8 Å². The Balaban J connectivity index is 1.45. The van der Waals surface area contributed by atoms with E-state index in [1.165, 1.54) is 4.90 Å². The van der Waals surface area contributed by atoms with Gasteiger partial charge in [-0.15, -0.1) is 0 Å². The fourth-order valence-electron chi connectivity index (χ4n) is 3.79. The molecule has 1 N–H and O–H groups in total. The third-order valence-corrected chi connectivity index (χ3v) is 5.44. The predicted octanol–water partition coefficient (Wildman–Crippen LogP) is 0.437. The van der Waals surface area contributed by atoms with Crippen LogP contribution in [0, 0.1) is 0 Å². The minimum Gasteiger partial charge on any atom is -0.370 e. The van der Waals surface area contributed by atoms with Crippen LogP contribution in [0.5, 0.6) is 0 Å². The molecule has 2 fully saturated rings. The van der Waals surface area contributed by atoms with E-state index in [0.717, 1.165) is 48.9 Å². The summed E-state index contributed by atoms with van der Waals surface area (Å²) in [5.74, 6) is -2.24. The Morgan fingerprint density at radius 3 is 2.36 bits per heavy atom. The lowest BCUT2D eigenvalue weighted by Crippen LogP contribution is -3.12. The summed E-state index contributed by atoms with van der Waals surface area (Å²) in [7, 11) is 0. The fourth-order valence-corrected chi connectivity index (χ4v) is 3.79. The van der Waals surface area contributed by atoms with Gasteiger partial charge in [-0.25, -0.2) is 0 Å². The SMILES string of the molecule is O=C1C(=O)N(C(=O)c2ccc(C[NH+]3CCOCC3)cc2)C[C@H]1c1ccccc1. The summed E-state index contributed by atoms with van der Waals surface area (Å²) in [6.45, 7) is 4.49. The van der Waals surface area contributed by atoms with E-state index in [1.807, 2.05) is 42.5 Å². The van der Waals surface area contributed by atoms with Gasteiger partial charge < -0.3 is 9.64 Å². The highest BCUT2D eigenvalue weighted by atomic mass is 16.5. The molecule has 0 saturated carbocycles. The fraction of sp³-hybridized carbons (Fsp3) is 0.318. The maximum absolute atomic E-state index is 12.8. The minimum absolute atomic E-state index is 0.0974. The summed E-state index contributed by atoms with van der Waals surface area (Å²) in [4.78, 5) is 40.1. The summed E-state index contributed by atoms with van der Waals surface area (Å²) in [5.41, 5.74) is 2.33. The molecule has 0 bridgehead atoms. The number of likely N-dealkylation sites (tertiary alicyclic amines) is 1. The molecule has 0 radical (unpaired) electrons. The van der Waals surface area contributed by atoms with E-state index >= 15 is 0 Å². The molecule has 4 rings (SSSR count). The quantitative estimate of drug-likeness (QED) is 0.618. The maximum Gasteiger partial charge on any atom is 0.297 e. The first kappa shape index (κ1) is 18.5. The Morgan fingerprint density at radius 2 is 1.68 bits per heavy atom. The summed E-state index contributed by atoms with van der Waals surface area (Å²) in [6, 6.07) is 16.5. The average molecular weight is 379 g/mol. The number of nitrogens with one attached hydrogen (secondary N) is 1. The van der Waals surface area contributed by atoms with E-state index in [9.17, 15) is 14.4 Å². The van der Waals surface area contributed by atoms with Crippen LogP contribution in [0.1, 0.15) is 27.4 Å². The third kappa shape index (κ3) is 3.74. The molecule has 2 aromatic carbocycles. The number of nitrogens with zero attached hydrogens (tertiary/aromatic N) is 1. The van der Waals surface area contributed by atoms with Crippen molar-refractivity contribution in [2.75, 3.05) is 32.8 Å². The number of benzene rings is 2. The maximum atomic E-state index is 12.8. The van der Waals surface area contributed by atoms with Crippen molar-refractivity contribution in [2.45, 2.75) is 12.5 Å². The molecule has 0 spiro atoms. The second-order valence-electron chi connectivity index (χ2n) is 7.28. The van der Waals surface area contributed by atoms with E-state index in [0.29, 0.717) is 5.56 Å². The summed E-state index contributed by atoms with van der Waals surface area (Å²) >= 11 is 0. The van der Waals surface area contributed by atoms with Gasteiger partial charge in [0.05, 0.1) is 19.1 Å². The van der Waals surface area contributed by atoms with Gasteiger partial charge in [0.2, 0.25) is 5.78 Å². The van der Waals surface area contributed by atoms with Crippen LogP contribution < -0.4 is 4.90 Å². The average Bonchev–Trinajstić information content (AvgIpc) is 3.04. The molecule has 2 heterocycles. The highest BCUT2D eigenvalue weighted by Crippen LogP contribution is 2.26. The van der Waals surface area contributed by atoms with Gasteiger partial charge in [-0.2, -0.15) is 0 Å². The van der Waals surface area contributed by atoms with Crippen LogP contribution in [0.4, 0.5) is 0 Å². The largest absolute Gasteiger partial charge is 0.370 e. The first-order valence-corrected chi connectivity index (χ1v) is 9.59. The number of hydrogen-bond acceptors (Lipinski definition) is 4. The molecule has 0 aromatic heterocycles. The zero-order valence-corrected chi connectivity index (χ0v) is 15.6. The molecule has 2 aliphatic heterocycles. The number of ketones is 1. The molecule has 2 amide bonds. The lowest BCUT2D eigenvalue weighted by atomic mass is 9.97. The number of quaternary nitrogens is 1. The number of rotatable bonds is 4. The van der Waals surface area contributed by atoms with Crippen LogP contribution in [0.2, 0.25) is 0 Å². The molecule has 6 nitrogen and oxygen atoms in total. The first-order valence-electron chi connectivity index (χ1n) is 9.59. The molecule has 6 heteroatoms. The van der Waals surface area contributed by atoms with Gasteiger partial charge in [0, 0.05) is 17.7 Å². The predicted molar refractivity (Wildman–Crippen MR) is 102 cm³/mol. The Morgan fingerprint density at radius 1 is 1.00 bits per heavy atom. The molecular formula is C22H23N2O4+. The van der Waals surface area contributed by atoms with Gasteiger partial charge >= 0.3 is 0 Å². The Bertz CT molecular complexity index is 873. The van der Waals surface area contributed by atoms with Crippen molar-refractivity contribution in [1.29, 1.82) is 0 Å². The Labute approximate surface area is 163 Å². The zero-order valence-electron chi connectivity index (χ0n) is 15.6. The second kappa shape index (κ2) is 8.04. The van der Waals surface area contributed by atoms with Gasteiger partial charge in [-0.05, 0) is 17.7 Å². The van der Waals surface area contributed by atoms with Crippen molar-refractivity contribution >= 4 is 17.6 Å². The van der Waals surface area contributed by atoms with Crippen LogP contribution in [0.3, 0.4) is 0 Å². The normalized spacial score (nSPS) is 20.6. The Hall–Kier alpha value is -2.83. The highest BCUT2D eigenvalue weighted by molar-refractivity contribution is 6.43. The highest BCUT2D eigenvalue weighted by Gasteiger charge is 2.42. The summed E-state index contributed by atoms with van der Waals surface area (Å²) in [6.07, 6.45) is 0. The molecule has 2 saturated heterocycles. The number of imide groups is 1. The summed E-state index contributed by atoms with van der Waals surface area (Å²) < 4.78 is 5.37.